The number of hydrogen-bond donors (Lipinski definition) is 0. The molecule has 286 valence electrons. The van der Waals surface area contributed by atoms with Crippen molar-refractivity contribution in [3.63, 3.8) is 0 Å². The number of rotatable bonds is 7. The van der Waals surface area contributed by atoms with Gasteiger partial charge in [-0.05, 0) is 99.9 Å². The summed E-state index contributed by atoms with van der Waals surface area (Å²) in [4.78, 5) is 2.37. The van der Waals surface area contributed by atoms with E-state index in [0.717, 1.165) is 66.8 Å². The highest BCUT2D eigenvalue weighted by Crippen LogP contribution is 2.44. The molecule has 10 aromatic carbocycles. The lowest BCUT2D eigenvalue weighted by Gasteiger charge is -2.26. The highest BCUT2D eigenvalue weighted by molar-refractivity contribution is 6.19. The van der Waals surface area contributed by atoms with Gasteiger partial charge in [-0.1, -0.05) is 164 Å². The van der Waals surface area contributed by atoms with Crippen LogP contribution in [0.25, 0.3) is 93.6 Å². The molecule has 0 aliphatic rings. The van der Waals surface area contributed by atoms with Crippen LogP contribution in [0.3, 0.4) is 0 Å². The predicted octanol–water partition coefficient (Wildman–Crippen LogP) is 16.3. The van der Waals surface area contributed by atoms with E-state index in [-0.39, 0.29) is 0 Å². The van der Waals surface area contributed by atoms with Gasteiger partial charge >= 0.3 is 0 Å². The summed E-state index contributed by atoms with van der Waals surface area (Å²) in [5.74, 6) is 0. The van der Waals surface area contributed by atoms with Crippen LogP contribution in [0.15, 0.2) is 235 Å². The van der Waals surface area contributed by atoms with Gasteiger partial charge in [0.25, 0.3) is 0 Å². The molecule has 2 heterocycles. The Hall–Kier alpha value is -8.14. The molecule has 0 amide bonds. The Morgan fingerprint density at radius 3 is 1.77 bits per heavy atom. The normalized spacial score (nSPS) is 11.6. The number of benzene rings is 10. The first-order chi connectivity index (χ1) is 30.3. The molecule has 2 aromatic heterocycles. The van der Waals surface area contributed by atoms with Gasteiger partial charge in [0, 0.05) is 55.2 Å². The third-order valence-electron chi connectivity index (χ3n) is 12.2. The van der Waals surface area contributed by atoms with Crippen molar-refractivity contribution in [3.8, 4) is 39.1 Å². The third-order valence-corrected chi connectivity index (χ3v) is 12.2. The van der Waals surface area contributed by atoms with E-state index in [1.165, 1.54) is 43.9 Å². The molecule has 0 saturated heterocycles. The zero-order valence-electron chi connectivity index (χ0n) is 33.2. The van der Waals surface area contributed by atoms with Crippen LogP contribution in [0.5, 0.6) is 0 Å². The molecular weight excluding hydrogens is 741 g/mol. The summed E-state index contributed by atoms with van der Waals surface area (Å²) in [5, 5.41) is 7.05. The van der Waals surface area contributed by atoms with Gasteiger partial charge in [-0.15, -0.1) is 0 Å². The zero-order chi connectivity index (χ0) is 40.3. The summed E-state index contributed by atoms with van der Waals surface area (Å²) >= 11 is 0. The highest BCUT2D eigenvalue weighted by Gasteiger charge is 2.20. The second kappa shape index (κ2) is 14.3. The molecule has 0 spiro atoms. The molecule has 61 heavy (non-hydrogen) atoms. The predicted molar refractivity (Wildman–Crippen MR) is 257 cm³/mol. The van der Waals surface area contributed by atoms with Gasteiger partial charge in [0.1, 0.15) is 11.2 Å². The number of fused-ring (bicyclic) bond motifs is 8. The summed E-state index contributed by atoms with van der Waals surface area (Å²) < 4.78 is 9.01. The van der Waals surface area contributed by atoms with E-state index < -0.39 is 0 Å². The maximum absolute atomic E-state index is 6.60. The van der Waals surface area contributed by atoms with Gasteiger partial charge in [0.15, 0.2) is 0 Å². The SMILES string of the molecule is c1ccc(-c2ccc(N(c3ccc(-c4cccc5c6ccccc6n(-c6ccccc6)c45)cc3)c3cccc(-c4cccc5oc6c7ccccc7ccc6c45)c3)cc2)cc1. The molecule has 0 fully saturated rings. The fourth-order valence-electron chi connectivity index (χ4n) is 9.37. The van der Waals surface area contributed by atoms with Crippen LogP contribution >= 0.6 is 0 Å². The fourth-order valence-corrected chi connectivity index (χ4v) is 9.37. The quantitative estimate of drug-likeness (QED) is 0.161. The summed E-state index contributed by atoms with van der Waals surface area (Å²) in [6.45, 7) is 0. The van der Waals surface area contributed by atoms with E-state index in [2.05, 4.69) is 240 Å². The molecule has 3 heteroatoms. The fraction of sp³-hybridized carbons (Fsp3) is 0. The van der Waals surface area contributed by atoms with Gasteiger partial charge in [0.05, 0.1) is 11.0 Å². The molecule has 0 aliphatic heterocycles. The summed E-state index contributed by atoms with van der Waals surface area (Å²) in [6, 6.07) is 82.8. The average Bonchev–Trinajstić information content (AvgIpc) is 3.90. The lowest BCUT2D eigenvalue weighted by molar-refractivity contribution is 0.673. The third kappa shape index (κ3) is 5.82. The van der Waals surface area contributed by atoms with E-state index >= 15 is 0 Å². The number of aromatic nitrogens is 1. The summed E-state index contributed by atoms with van der Waals surface area (Å²) in [6.07, 6.45) is 0. The van der Waals surface area contributed by atoms with Gasteiger partial charge < -0.3 is 13.9 Å². The Bertz CT molecular complexity index is 3560. The van der Waals surface area contributed by atoms with Gasteiger partial charge in [-0.25, -0.2) is 0 Å². The van der Waals surface area contributed by atoms with E-state index in [1.54, 1.807) is 0 Å². The molecule has 0 unspecified atom stereocenters. The van der Waals surface area contributed by atoms with Crippen molar-refractivity contribution < 1.29 is 4.42 Å². The Morgan fingerprint density at radius 1 is 0.361 bits per heavy atom. The van der Waals surface area contributed by atoms with Crippen molar-refractivity contribution in [1.82, 2.24) is 4.57 Å². The maximum atomic E-state index is 6.60. The largest absolute Gasteiger partial charge is 0.455 e. The van der Waals surface area contributed by atoms with Crippen LogP contribution in [-0.2, 0) is 0 Å². The standard InChI is InChI=1S/C58H38N2O/c1-3-14-39(15-4-1)40-28-33-45(34-29-40)59(47-20-11-17-43(38-47)48-23-13-27-55-56(48)53-37-32-41-16-7-8-21-50(41)58(53)61-55)46-35-30-42(31-36-46)49-24-12-25-52-51-22-9-10-26-54(51)60(57(49)52)44-18-5-2-6-19-44/h1-38H. The van der Waals surface area contributed by atoms with E-state index in [9.17, 15) is 0 Å². The second-order valence-corrected chi connectivity index (χ2v) is 15.7. The minimum absolute atomic E-state index is 0.888. The Kier molecular flexibility index (Phi) is 8.17. The monoisotopic (exact) mass is 778 g/mol. The lowest BCUT2D eigenvalue weighted by Crippen LogP contribution is -2.10. The van der Waals surface area contributed by atoms with Crippen LogP contribution in [0.4, 0.5) is 17.1 Å². The van der Waals surface area contributed by atoms with E-state index in [4.69, 9.17) is 4.42 Å². The first kappa shape index (κ1) is 34.9. The van der Waals surface area contributed by atoms with Gasteiger partial charge in [0.2, 0.25) is 0 Å². The Balaban J connectivity index is 1.01. The molecule has 0 bridgehead atoms. The second-order valence-electron chi connectivity index (χ2n) is 15.7. The van der Waals surface area contributed by atoms with Crippen LogP contribution in [0.1, 0.15) is 0 Å². The summed E-state index contributed by atoms with van der Waals surface area (Å²) in [5.41, 5.74) is 15.6. The first-order valence-electron chi connectivity index (χ1n) is 20.8. The smallest absolute Gasteiger partial charge is 0.143 e. The molecule has 0 atom stereocenters. The van der Waals surface area contributed by atoms with Crippen molar-refractivity contribution in [2.24, 2.45) is 0 Å². The molecule has 12 aromatic rings. The van der Waals surface area contributed by atoms with E-state index in [0.29, 0.717) is 0 Å². The van der Waals surface area contributed by atoms with E-state index in [1.807, 2.05) is 0 Å². The minimum atomic E-state index is 0.888. The van der Waals surface area contributed by atoms with Crippen molar-refractivity contribution in [3.05, 3.63) is 231 Å². The topological polar surface area (TPSA) is 21.3 Å². The molecule has 12 rings (SSSR count). The van der Waals surface area contributed by atoms with Crippen molar-refractivity contribution in [2.45, 2.75) is 0 Å². The Morgan fingerprint density at radius 2 is 0.967 bits per heavy atom. The first-order valence-corrected chi connectivity index (χ1v) is 20.8. The zero-order valence-corrected chi connectivity index (χ0v) is 33.2. The molecule has 3 nitrogen and oxygen atoms in total. The number of para-hydroxylation sites is 3. The molecule has 0 radical (unpaired) electrons. The van der Waals surface area contributed by atoms with Gasteiger partial charge in [-0.3, -0.25) is 0 Å². The number of nitrogens with zero attached hydrogens (tertiary/aromatic N) is 2. The minimum Gasteiger partial charge on any atom is -0.455 e. The van der Waals surface area contributed by atoms with Crippen molar-refractivity contribution >= 4 is 71.6 Å². The number of anilines is 3. The van der Waals surface area contributed by atoms with Crippen LogP contribution in [0.2, 0.25) is 0 Å². The molecule has 0 aliphatic carbocycles. The van der Waals surface area contributed by atoms with Crippen LogP contribution < -0.4 is 4.90 Å². The number of hydrogen-bond acceptors (Lipinski definition) is 2. The maximum Gasteiger partial charge on any atom is 0.143 e. The molecule has 0 saturated carbocycles. The van der Waals surface area contributed by atoms with Crippen LogP contribution in [0, 0.1) is 0 Å². The Labute approximate surface area is 353 Å². The van der Waals surface area contributed by atoms with Crippen molar-refractivity contribution in [2.75, 3.05) is 4.90 Å². The highest BCUT2D eigenvalue weighted by atomic mass is 16.3. The van der Waals surface area contributed by atoms with Crippen molar-refractivity contribution in [1.29, 1.82) is 0 Å². The number of furan rings is 1. The lowest BCUT2D eigenvalue weighted by atomic mass is 9.97. The van der Waals surface area contributed by atoms with Crippen LogP contribution in [-0.4, -0.2) is 4.57 Å². The molecule has 0 N–H and O–H groups in total. The summed E-state index contributed by atoms with van der Waals surface area (Å²) in [7, 11) is 0. The average molecular weight is 779 g/mol. The van der Waals surface area contributed by atoms with Gasteiger partial charge in [-0.2, -0.15) is 0 Å². The molecular formula is C58H38N2O.